The van der Waals surface area contributed by atoms with Crippen LogP contribution in [-0.2, 0) is 4.79 Å². The summed E-state index contributed by atoms with van der Waals surface area (Å²) in [6.07, 6.45) is 5.25. The number of aromatic amines is 1. The summed E-state index contributed by atoms with van der Waals surface area (Å²) in [4.78, 5) is 14.3. The van der Waals surface area contributed by atoms with E-state index < -0.39 is 11.6 Å². The van der Waals surface area contributed by atoms with Crippen LogP contribution in [0.3, 0.4) is 0 Å². The molecular formula is C19H21F2N3O. The van der Waals surface area contributed by atoms with Crippen LogP contribution in [-0.4, -0.2) is 34.1 Å². The number of H-pyrrole nitrogens is 1. The smallest absolute Gasteiger partial charge is 0.249 e. The second-order valence-corrected chi connectivity index (χ2v) is 6.39. The maximum Gasteiger partial charge on any atom is 0.249 e. The van der Waals surface area contributed by atoms with Gasteiger partial charge in [0.05, 0.1) is 6.20 Å². The second kappa shape index (κ2) is 7.17. The standard InChI is InChI=1S/C19H21F2N3O/c1-3-12(2)19(25)24-8-4-5-14(11-24)18-15(10-22-23-18)13-6-7-16(20)17(21)9-13/h3,6-7,9-10,14H,4-5,8,11H2,1-2H3,(H,22,23)/b12-3+. The lowest BCUT2D eigenvalue weighted by Gasteiger charge is -2.33. The number of likely N-dealkylation sites (tertiary alicyclic amines) is 1. The van der Waals surface area contributed by atoms with Gasteiger partial charge in [0.1, 0.15) is 0 Å². The van der Waals surface area contributed by atoms with E-state index >= 15 is 0 Å². The molecule has 2 aromatic rings. The summed E-state index contributed by atoms with van der Waals surface area (Å²) in [6.45, 7) is 4.98. The number of hydrogen-bond acceptors (Lipinski definition) is 2. The summed E-state index contributed by atoms with van der Waals surface area (Å²) in [6, 6.07) is 3.84. The van der Waals surface area contributed by atoms with Crippen LogP contribution in [0.15, 0.2) is 36.0 Å². The Morgan fingerprint density at radius 1 is 1.36 bits per heavy atom. The molecule has 1 atom stereocenters. The maximum atomic E-state index is 13.6. The summed E-state index contributed by atoms with van der Waals surface area (Å²) in [5.74, 6) is -1.62. The van der Waals surface area contributed by atoms with Gasteiger partial charge in [-0.1, -0.05) is 12.1 Å². The van der Waals surface area contributed by atoms with E-state index in [1.165, 1.54) is 6.07 Å². The first kappa shape index (κ1) is 17.3. The van der Waals surface area contributed by atoms with Crippen molar-refractivity contribution in [2.75, 3.05) is 13.1 Å². The van der Waals surface area contributed by atoms with Crippen LogP contribution >= 0.6 is 0 Å². The van der Waals surface area contributed by atoms with E-state index in [1.54, 1.807) is 12.3 Å². The van der Waals surface area contributed by atoms with E-state index in [2.05, 4.69) is 10.2 Å². The summed E-state index contributed by atoms with van der Waals surface area (Å²) >= 11 is 0. The third kappa shape index (κ3) is 3.48. The molecule has 0 saturated carbocycles. The lowest BCUT2D eigenvalue weighted by atomic mass is 9.90. The highest BCUT2D eigenvalue weighted by Crippen LogP contribution is 2.33. The van der Waals surface area contributed by atoms with Crippen molar-refractivity contribution in [3.8, 4) is 11.1 Å². The molecule has 1 saturated heterocycles. The average Bonchev–Trinajstić information content (AvgIpc) is 3.12. The molecule has 0 radical (unpaired) electrons. The zero-order chi connectivity index (χ0) is 18.0. The van der Waals surface area contributed by atoms with Crippen molar-refractivity contribution in [3.63, 3.8) is 0 Å². The van der Waals surface area contributed by atoms with E-state index in [1.807, 2.05) is 24.8 Å². The maximum absolute atomic E-state index is 13.6. The molecule has 25 heavy (non-hydrogen) atoms. The summed E-state index contributed by atoms with van der Waals surface area (Å²) in [7, 11) is 0. The first-order chi connectivity index (χ1) is 12.0. The predicted molar refractivity (Wildman–Crippen MR) is 91.9 cm³/mol. The molecular weight excluding hydrogens is 324 g/mol. The van der Waals surface area contributed by atoms with Gasteiger partial charge in [-0.05, 0) is 44.4 Å². The third-order valence-electron chi connectivity index (χ3n) is 4.79. The van der Waals surface area contributed by atoms with Crippen molar-refractivity contribution in [1.82, 2.24) is 15.1 Å². The van der Waals surface area contributed by atoms with Crippen LogP contribution in [0, 0.1) is 11.6 Å². The number of carbonyl (C=O) groups is 1. The van der Waals surface area contributed by atoms with E-state index in [9.17, 15) is 13.6 Å². The summed E-state index contributed by atoms with van der Waals surface area (Å²) in [5.41, 5.74) is 2.92. The molecule has 1 amide bonds. The van der Waals surface area contributed by atoms with E-state index in [4.69, 9.17) is 0 Å². The Morgan fingerprint density at radius 2 is 2.16 bits per heavy atom. The number of allylic oxidation sites excluding steroid dienone is 1. The minimum atomic E-state index is -0.881. The molecule has 1 aromatic carbocycles. The minimum absolute atomic E-state index is 0.0427. The lowest BCUT2D eigenvalue weighted by molar-refractivity contribution is -0.128. The van der Waals surface area contributed by atoms with Crippen LogP contribution in [0.5, 0.6) is 0 Å². The molecule has 1 aliphatic heterocycles. The van der Waals surface area contributed by atoms with E-state index in [0.29, 0.717) is 12.1 Å². The van der Waals surface area contributed by atoms with Gasteiger partial charge in [0.15, 0.2) is 11.6 Å². The highest BCUT2D eigenvalue weighted by Gasteiger charge is 2.28. The monoisotopic (exact) mass is 345 g/mol. The Bertz CT molecular complexity index is 813. The molecule has 3 rings (SSSR count). The van der Waals surface area contributed by atoms with Gasteiger partial charge in [-0.25, -0.2) is 8.78 Å². The van der Waals surface area contributed by atoms with Gasteiger partial charge in [0.2, 0.25) is 5.91 Å². The number of benzene rings is 1. The molecule has 0 spiro atoms. The molecule has 1 fully saturated rings. The number of rotatable bonds is 3. The van der Waals surface area contributed by atoms with Crippen LogP contribution in [0.25, 0.3) is 11.1 Å². The number of halogens is 2. The highest BCUT2D eigenvalue weighted by molar-refractivity contribution is 5.92. The van der Waals surface area contributed by atoms with Crippen molar-refractivity contribution in [1.29, 1.82) is 0 Å². The minimum Gasteiger partial charge on any atom is -0.338 e. The number of aromatic nitrogens is 2. The fourth-order valence-corrected chi connectivity index (χ4v) is 3.27. The topological polar surface area (TPSA) is 49.0 Å². The number of nitrogens with zero attached hydrogens (tertiary/aromatic N) is 2. The van der Waals surface area contributed by atoms with Gasteiger partial charge < -0.3 is 4.90 Å². The number of piperidine rings is 1. The van der Waals surface area contributed by atoms with E-state index in [0.717, 1.165) is 42.3 Å². The molecule has 1 aromatic heterocycles. The Labute approximate surface area is 145 Å². The first-order valence-corrected chi connectivity index (χ1v) is 8.42. The van der Waals surface area contributed by atoms with Gasteiger partial charge in [-0.3, -0.25) is 9.89 Å². The molecule has 4 nitrogen and oxygen atoms in total. The number of hydrogen-bond donors (Lipinski definition) is 1. The van der Waals surface area contributed by atoms with Crippen LogP contribution in [0.4, 0.5) is 8.78 Å². The second-order valence-electron chi connectivity index (χ2n) is 6.39. The van der Waals surface area contributed by atoms with Crippen molar-refractivity contribution < 1.29 is 13.6 Å². The Hall–Kier alpha value is -2.50. The van der Waals surface area contributed by atoms with Gasteiger partial charge in [0, 0.05) is 35.8 Å². The number of amides is 1. The van der Waals surface area contributed by atoms with Gasteiger partial charge >= 0.3 is 0 Å². The highest BCUT2D eigenvalue weighted by atomic mass is 19.2. The molecule has 1 aliphatic rings. The predicted octanol–water partition coefficient (Wildman–Crippen LogP) is 4.03. The van der Waals surface area contributed by atoms with Crippen LogP contribution in [0.2, 0.25) is 0 Å². The van der Waals surface area contributed by atoms with Crippen LogP contribution < -0.4 is 0 Å². The fraction of sp³-hybridized carbons (Fsp3) is 0.368. The van der Waals surface area contributed by atoms with Crippen molar-refractivity contribution in [2.24, 2.45) is 0 Å². The Balaban J connectivity index is 1.86. The third-order valence-corrected chi connectivity index (χ3v) is 4.79. The average molecular weight is 345 g/mol. The zero-order valence-electron chi connectivity index (χ0n) is 14.4. The quantitative estimate of drug-likeness (QED) is 0.854. The molecule has 0 aliphatic carbocycles. The fourth-order valence-electron chi connectivity index (χ4n) is 3.27. The SMILES string of the molecule is C/C=C(\C)C(=O)N1CCCC(c2[nH]ncc2-c2ccc(F)c(F)c2)C1. The Kier molecular flexibility index (Phi) is 4.97. The normalized spacial score (nSPS) is 18.5. The van der Waals surface area contributed by atoms with Crippen LogP contribution in [0.1, 0.15) is 38.3 Å². The van der Waals surface area contributed by atoms with Crippen molar-refractivity contribution in [3.05, 3.63) is 53.4 Å². The molecule has 1 unspecified atom stereocenters. The largest absolute Gasteiger partial charge is 0.338 e. The summed E-state index contributed by atoms with van der Waals surface area (Å²) in [5, 5.41) is 7.08. The zero-order valence-corrected chi connectivity index (χ0v) is 14.4. The van der Waals surface area contributed by atoms with Crippen molar-refractivity contribution >= 4 is 5.91 Å². The molecule has 132 valence electrons. The van der Waals surface area contributed by atoms with Gasteiger partial charge in [0.25, 0.3) is 0 Å². The lowest BCUT2D eigenvalue weighted by Crippen LogP contribution is -2.39. The first-order valence-electron chi connectivity index (χ1n) is 8.42. The number of nitrogens with one attached hydrogen (secondary N) is 1. The summed E-state index contributed by atoms with van der Waals surface area (Å²) < 4.78 is 26.8. The molecule has 6 heteroatoms. The number of carbonyl (C=O) groups excluding carboxylic acids is 1. The Morgan fingerprint density at radius 3 is 2.88 bits per heavy atom. The van der Waals surface area contributed by atoms with E-state index in [-0.39, 0.29) is 11.8 Å². The molecule has 2 heterocycles. The molecule has 0 bridgehead atoms. The van der Waals surface area contributed by atoms with Crippen molar-refractivity contribution in [2.45, 2.75) is 32.6 Å². The van der Waals surface area contributed by atoms with Gasteiger partial charge in [-0.2, -0.15) is 5.10 Å². The molecule has 1 N–H and O–H groups in total. The van der Waals surface area contributed by atoms with Gasteiger partial charge in [-0.15, -0.1) is 0 Å².